The average Bonchev–Trinajstić information content (AvgIpc) is 3.01. The fourth-order valence-corrected chi connectivity index (χ4v) is 5.29. The lowest BCUT2D eigenvalue weighted by atomic mass is 9.90. The molecule has 0 aliphatic carbocycles. The van der Waals surface area contributed by atoms with Crippen LogP contribution in [0.5, 0.6) is 0 Å². The van der Waals surface area contributed by atoms with Crippen LogP contribution in [0.25, 0.3) is 44.4 Å². The number of hydrogen-bond acceptors (Lipinski definition) is 3. The molecule has 1 heterocycles. The number of benzene rings is 5. The summed E-state index contributed by atoms with van der Waals surface area (Å²) in [4.78, 5) is 9.87. The number of aromatic nitrogens is 1. The molecule has 0 saturated heterocycles. The lowest BCUT2D eigenvalue weighted by Crippen LogP contribution is -2.00. The van der Waals surface area contributed by atoms with Gasteiger partial charge in [-0.15, -0.1) is 0 Å². The van der Waals surface area contributed by atoms with Crippen molar-refractivity contribution < 1.29 is 0 Å². The molecule has 0 aliphatic rings. The van der Waals surface area contributed by atoms with E-state index >= 15 is 0 Å². The molecular weight excluding hydrogens is 498 g/mol. The van der Waals surface area contributed by atoms with Crippen LogP contribution in [0.3, 0.4) is 0 Å². The third-order valence-corrected chi connectivity index (χ3v) is 7.57. The number of pyridine rings is 1. The molecule has 6 aromatic rings. The fraction of sp³-hybridized carbons (Fsp3) is 0.0789. The molecule has 0 amide bonds. The summed E-state index contributed by atoms with van der Waals surface area (Å²) in [6.45, 7) is 6.21. The molecule has 0 spiro atoms. The normalized spacial score (nSPS) is 11.4. The second-order valence-electron chi connectivity index (χ2n) is 10.4. The lowest BCUT2D eigenvalue weighted by molar-refractivity contribution is 1.38. The molecule has 5 aromatic carbocycles. The minimum Gasteiger partial charge on any atom is -0.253 e. The van der Waals surface area contributed by atoms with Gasteiger partial charge in [-0.05, 0) is 90.6 Å². The van der Waals surface area contributed by atoms with E-state index < -0.39 is 0 Å². The Morgan fingerprint density at radius 2 is 1.39 bits per heavy atom. The van der Waals surface area contributed by atoms with Gasteiger partial charge in [-0.1, -0.05) is 84.9 Å². The van der Waals surface area contributed by atoms with E-state index in [1.165, 1.54) is 0 Å². The maximum atomic E-state index is 9.43. The van der Waals surface area contributed by atoms with Gasteiger partial charge in [-0.3, -0.25) is 4.99 Å². The van der Waals surface area contributed by atoms with E-state index in [2.05, 4.69) is 93.6 Å². The molecular formula is C38H29N3. The minimum absolute atomic E-state index is 0.659. The van der Waals surface area contributed by atoms with Crippen LogP contribution in [-0.4, -0.2) is 10.7 Å². The summed E-state index contributed by atoms with van der Waals surface area (Å²) in [5, 5.41) is 10.6. The van der Waals surface area contributed by atoms with Gasteiger partial charge in [0.05, 0.1) is 28.5 Å². The summed E-state index contributed by atoms with van der Waals surface area (Å²) in [5.41, 5.74) is 13.3. The highest BCUT2D eigenvalue weighted by atomic mass is 14.7. The van der Waals surface area contributed by atoms with Gasteiger partial charge in [0.2, 0.25) is 0 Å². The summed E-state index contributed by atoms with van der Waals surface area (Å²) in [6, 6.07) is 43.9. The van der Waals surface area contributed by atoms with Crippen molar-refractivity contribution in [1.29, 1.82) is 5.26 Å². The topological polar surface area (TPSA) is 49.0 Å². The zero-order chi connectivity index (χ0) is 28.3. The van der Waals surface area contributed by atoms with E-state index in [0.717, 1.165) is 72.5 Å². The first-order valence-electron chi connectivity index (χ1n) is 13.7. The highest BCUT2D eigenvalue weighted by Crippen LogP contribution is 2.34. The zero-order valence-electron chi connectivity index (χ0n) is 23.4. The molecule has 6 rings (SSSR count). The Bertz CT molecular complexity index is 1970. The SMILES string of the molecule is CC(=Nc1ccccc1C)c1ccc(-c2ccc(-c3ccc4ccccc4n3)cc2)cc1-c1ccc(C#N)cc1C. The average molecular weight is 528 g/mol. The minimum atomic E-state index is 0.659. The largest absolute Gasteiger partial charge is 0.253 e. The number of rotatable bonds is 5. The number of hydrogen-bond donors (Lipinski definition) is 0. The molecule has 1 aromatic heterocycles. The van der Waals surface area contributed by atoms with E-state index in [4.69, 9.17) is 9.98 Å². The Balaban J connectivity index is 1.42. The van der Waals surface area contributed by atoms with Crippen LogP contribution in [0.2, 0.25) is 0 Å². The summed E-state index contributed by atoms with van der Waals surface area (Å²) in [5.74, 6) is 0. The van der Waals surface area contributed by atoms with Crippen molar-refractivity contribution in [2.24, 2.45) is 4.99 Å². The summed E-state index contributed by atoms with van der Waals surface area (Å²) in [7, 11) is 0. The quantitative estimate of drug-likeness (QED) is 0.209. The number of aryl methyl sites for hydroxylation is 2. The van der Waals surface area contributed by atoms with Crippen LogP contribution in [0.15, 0.2) is 126 Å². The Labute approximate surface area is 241 Å². The molecule has 41 heavy (non-hydrogen) atoms. The highest BCUT2D eigenvalue weighted by molar-refractivity contribution is 6.06. The maximum Gasteiger partial charge on any atom is 0.0991 e. The molecule has 0 N–H and O–H groups in total. The number of nitriles is 1. The van der Waals surface area contributed by atoms with Crippen LogP contribution < -0.4 is 0 Å². The Morgan fingerprint density at radius 3 is 2.17 bits per heavy atom. The van der Waals surface area contributed by atoms with E-state index in [-0.39, 0.29) is 0 Å². The van der Waals surface area contributed by atoms with Gasteiger partial charge >= 0.3 is 0 Å². The second kappa shape index (κ2) is 11.0. The summed E-state index contributed by atoms with van der Waals surface area (Å²) >= 11 is 0. The Hall–Kier alpha value is -5.33. The molecule has 3 heteroatoms. The highest BCUT2D eigenvalue weighted by Gasteiger charge is 2.14. The van der Waals surface area contributed by atoms with E-state index in [1.807, 2.05) is 54.6 Å². The molecule has 0 bridgehead atoms. The molecule has 196 valence electrons. The van der Waals surface area contributed by atoms with Gasteiger partial charge in [0, 0.05) is 22.2 Å². The van der Waals surface area contributed by atoms with E-state index in [1.54, 1.807) is 0 Å². The molecule has 0 atom stereocenters. The Kier molecular flexibility index (Phi) is 6.98. The predicted molar refractivity (Wildman–Crippen MR) is 171 cm³/mol. The van der Waals surface area contributed by atoms with Crippen LogP contribution >= 0.6 is 0 Å². The van der Waals surface area contributed by atoms with Crippen LogP contribution in [0.1, 0.15) is 29.2 Å². The summed E-state index contributed by atoms with van der Waals surface area (Å²) < 4.78 is 0. The third kappa shape index (κ3) is 5.29. The van der Waals surface area contributed by atoms with Crippen molar-refractivity contribution in [2.75, 3.05) is 0 Å². The van der Waals surface area contributed by atoms with E-state index in [0.29, 0.717) is 5.56 Å². The van der Waals surface area contributed by atoms with Crippen molar-refractivity contribution >= 4 is 22.3 Å². The number of aliphatic imine (C=N–C) groups is 1. The van der Waals surface area contributed by atoms with Crippen molar-refractivity contribution in [3.8, 4) is 39.6 Å². The monoisotopic (exact) mass is 527 g/mol. The standard InChI is InChI=1S/C38H29N3/c1-25-8-4-6-10-36(25)40-27(3)34-20-17-32(23-35(34)33-19-12-28(24-39)22-26(33)2)29-13-15-31(16-14-29)38-21-18-30-9-5-7-11-37(30)41-38/h4-23H,1-3H3. The first kappa shape index (κ1) is 25.9. The van der Waals surface area contributed by atoms with Gasteiger partial charge < -0.3 is 0 Å². The molecule has 0 saturated carbocycles. The molecule has 0 aliphatic heterocycles. The van der Waals surface area contributed by atoms with Gasteiger partial charge in [-0.2, -0.15) is 5.26 Å². The number of para-hydroxylation sites is 2. The number of nitrogens with zero attached hydrogens (tertiary/aromatic N) is 3. The van der Waals surface area contributed by atoms with Crippen molar-refractivity contribution in [2.45, 2.75) is 20.8 Å². The van der Waals surface area contributed by atoms with Crippen LogP contribution in [-0.2, 0) is 0 Å². The maximum absolute atomic E-state index is 9.43. The number of fused-ring (bicyclic) bond motifs is 1. The van der Waals surface area contributed by atoms with E-state index in [9.17, 15) is 5.26 Å². The molecule has 0 unspecified atom stereocenters. The van der Waals surface area contributed by atoms with Gasteiger partial charge in [-0.25, -0.2) is 4.98 Å². The first-order chi connectivity index (χ1) is 20.0. The fourth-order valence-electron chi connectivity index (χ4n) is 5.29. The van der Waals surface area contributed by atoms with Crippen molar-refractivity contribution in [3.05, 3.63) is 144 Å². The molecule has 3 nitrogen and oxygen atoms in total. The second-order valence-corrected chi connectivity index (χ2v) is 10.4. The first-order valence-corrected chi connectivity index (χ1v) is 13.7. The third-order valence-electron chi connectivity index (χ3n) is 7.57. The van der Waals surface area contributed by atoms with Crippen molar-refractivity contribution in [1.82, 2.24) is 4.98 Å². The summed E-state index contributed by atoms with van der Waals surface area (Å²) in [6.07, 6.45) is 0. The van der Waals surface area contributed by atoms with Crippen LogP contribution in [0.4, 0.5) is 5.69 Å². The smallest absolute Gasteiger partial charge is 0.0991 e. The Morgan fingerprint density at radius 1 is 0.659 bits per heavy atom. The zero-order valence-corrected chi connectivity index (χ0v) is 23.4. The van der Waals surface area contributed by atoms with Crippen molar-refractivity contribution in [3.63, 3.8) is 0 Å². The lowest BCUT2D eigenvalue weighted by Gasteiger charge is -2.15. The van der Waals surface area contributed by atoms with Gasteiger partial charge in [0.15, 0.2) is 0 Å². The molecule has 0 radical (unpaired) electrons. The van der Waals surface area contributed by atoms with Gasteiger partial charge in [0.1, 0.15) is 0 Å². The predicted octanol–water partition coefficient (Wildman–Crippen LogP) is 9.87. The molecule has 0 fully saturated rings. The van der Waals surface area contributed by atoms with Gasteiger partial charge in [0.25, 0.3) is 0 Å². The van der Waals surface area contributed by atoms with Crippen LogP contribution in [0, 0.1) is 25.2 Å².